The molecule has 122 valence electrons. The summed E-state index contributed by atoms with van der Waals surface area (Å²) in [5, 5.41) is 3.64. The SMILES string of the molecule is CCOc1cc2c(cc1OCC)[C@H](c1cccc(I)c1)NCC2. The van der Waals surface area contributed by atoms with Crippen LogP contribution in [0.4, 0.5) is 0 Å². The van der Waals surface area contributed by atoms with Crippen molar-refractivity contribution >= 4 is 22.6 Å². The Bertz CT molecular complexity index is 687. The molecule has 0 amide bonds. The Morgan fingerprint density at radius 3 is 2.52 bits per heavy atom. The summed E-state index contributed by atoms with van der Waals surface area (Å²) in [5.41, 5.74) is 3.94. The molecule has 2 aromatic rings. The third-order valence-electron chi connectivity index (χ3n) is 4.04. The summed E-state index contributed by atoms with van der Waals surface area (Å²) in [7, 11) is 0. The van der Waals surface area contributed by atoms with Gasteiger partial charge >= 0.3 is 0 Å². The van der Waals surface area contributed by atoms with Crippen LogP contribution >= 0.6 is 22.6 Å². The first kappa shape index (κ1) is 16.6. The second-order valence-corrected chi connectivity index (χ2v) is 6.80. The molecule has 0 radical (unpaired) electrons. The fourth-order valence-corrected chi connectivity index (χ4v) is 3.65. The van der Waals surface area contributed by atoms with Crippen LogP contribution in [0.1, 0.15) is 36.6 Å². The van der Waals surface area contributed by atoms with Crippen molar-refractivity contribution < 1.29 is 9.47 Å². The third kappa shape index (κ3) is 3.63. The predicted octanol–water partition coefficient (Wildman–Crippen LogP) is 4.32. The van der Waals surface area contributed by atoms with Crippen molar-refractivity contribution in [3.8, 4) is 11.5 Å². The van der Waals surface area contributed by atoms with Crippen LogP contribution in [-0.4, -0.2) is 19.8 Å². The second-order valence-electron chi connectivity index (χ2n) is 5.56. The smallest absolute Gasteiger partial charge is 0.161 e. The van der Waals surface area contributed by atoms with E-state index in [9.17, 15) is 0 Å². The van der Waals surface area contributed by atoms with Crippen molar-refractivity contribution in [3.05, 3.63) is 56.7 Å². The first-order valence-corrected chi connectivity index (χ1v) is 9.22. The average molecular weight is 423 g/mol. The van der Waals surface area contributed by atoms with Crippen molar-refractivity contribution in [3.63, 3.8) is 0 Å². The topological polar surface area (TPSA) is 30.5 Å². The molecule has 0 aromatic heterocycles. The van der Waals surface area contributed by atoms with Crippen LogP contribution in [0.25, 0.3) is 0 Å². The van der Waals surface area contributed by atoms with Crippen LogP contribution in [-0.2, 0) is 6.42 Å². The largest absolute Gasteiger partial charge is 0.490 e. The van der Waals surface area contributed by atoms with Crippen LogP contribution in [0.5, 0.6) is 11.5 Å². The van der Waals surface area contributed by atoms with E-state index in [1.807, 2.05) is 13.8 Å². The summed E-state index contributed by atoms with van der Waals surface area (Å²) in [6, 6.07) is 13.2. The summed E-state index contributed by atoms with van der Waals surface area (Å²) in [4.78, 5) is 0. The van der Waals surface area contributed by atoms with Crippen molar-refractivity contribution in [1.82, 2.24) is 5.32 Å². The van der Waals surface area contributed by atoms with Crippen molar-refractivity contribution in [2.24, 2.45) is 0 Å². The molecule has 23 heavy (non-hydrogen) atoms. The molecule has 0 saturated carbocycles. The highest BCUT2D eigenvalue weighted by Gasteiger charge is 2.24. The Labute approximate surface area is 151 Å². The predicted molar refractivity (Wildman–Crippen MR) is 101 cm³/mol. The van der Waals surface area contributed by atoms with Gasteiger partial charge in [0.15, 0.2) is 11.5 Å². The standard InChI is InChI=1S/C19H22INO2/c1-3-22-17-11-13-8-9-21-19(14-6-5-7-15(20)10-14)16(13)12-18(17)23-4-2/h5-7,10-12,19,21H,3-4,8-9H2,1-2H3/t19-/m0/s1. The summed E-state index contributed by atoms with van der Waals surface area (Å²) < 4.78 is 12.8. The summed E-state index contributed by atoms with van der Waals surface area (Å²) in [6.45, 7) is 6.27. The molecule has 0 aliphatic carbocycles. The minimum Gasteiger partial charge on any atom is -0.490 e. The van der Waals surface area contributed by atoms with Gasteiger partial charge < -0.3 is 14.8 Å². The van der Waals surface area contributed by atoms with Gasteiger partial charge in [0.1, 0.15) is 0 Å². The van der Waals surface area contributed by atoms with Gasteiger partial charge in [-0.15, -0.1) is 0 Å². The molecule has 2 aromatic carbocycles. The Hall–Kier alpha value is -1.27. The van der Waals surface area contributed by atoms with E-state index in [1.165, 1.54) is 20.3 Å². The van der Waals surface area contributed by atoms with Gasteiger partial charge in [0.05, 0.1) is 19.3 Å². The Balaban J connectivity index is 2.05. The van der Waals surface area contributed by atoms with Crippen LogP contribution < -0.4 is 14.8 Å². The summed E-state index contributed by atoms with van der Waals surface area (Å²) >= 11 is 2.37. The second kappa shape index (κ2) is 7.53. The normalized spacial score (nSPS) is 16.7. The maximum atomic E-state index is 5.81. The van der Waals surface area contributed by atoms with Gasteiger partial charge in [-0.05, 0) is 83.8 Å². The Kier molecular flexibility index (Phi) is 5.43. The lowest BCUT2D eigenvalue weighted by atomic mass is 9.89. The van der Waals surface area contributed by atoms with E-state index in [4.69, 9.17) is 9.47 Å². The van der Waals surface area contributed by atoms with Gasteiger partial charge in [0, 0.05) is 10.1 Å². The highest BCUT2D eigenvalue weighted by Crippen LogP contribution is 2.38. The molecule has 1 aliphatic heterocycles. The summed E-state index contributed by atoms with van der Waals surface area (Å²) in [6.07, 6.45) is 1.02. The number of rotatable bonds is 5. The monoisotopic (exact) mass is 423 g/mol. The number of benzene rings is 2. The number of fused-ring (bicyclic) bond motifs is 1. The molecular weight excluding hydrogens is 401 g/mol. The van der Waals surface area contributed by atoms with E-state index in [2.05, 4.69) is 64.3 Å². The minimum atomic E-state index is 0.211. The zero-order chi connectivity index (χ0) is 16.2. The lowest BCUT2D eigenvalue weighted by Gasteiger charge is -2.29. The quantitative estimate of drug-likeness (QED) is 0.727. The summed E-state index contributed by atoms with van der Waals surface area (Å²) in [5.74, 6) is 1.70. The zero-order valence-corrected chi connectivity index (χ0v) is 15.7. The molecule has 1 atom stereocenters. The van der Waals surface area contributed by atoms with Gasteiger partial charge in [-0.25, -0.2) is 0 Å². The molecule has 0 fully saturated rings. The van der Waals surface area contributed by atoms with Crippen LogP contribution in [0.2, 0.25) is 0 Å². The maximum Gasteiger partial charge on any atom is 0.161 e. The third-order valence-corrected chi connectivity index (χ3v) is 4.71. The van der Waals surface area contributed by atoms with Crippen molar-refractivity contribution in [2.75, 3.05) is 19.8 Å². The fraction of sp³-hybridized carbons (Fsp3) is 0.368. The molecule has 1 N–H and O–H groups in total. The Morgan fingerprint density at radius 1 is 1.09 bits per heavy atom. The highest BCUT2D eigenvalue weighted by atomic mass is 127. The van der Waals surface area contributed by atoms with Crippen LogP contribution in [0.3, 0.4) is 0 Å². The average Bonchev–Trinajstić information content (AvgIpc) is 2.55. The van der Waals surface area contributed by atoms with E-state index in [-0.39, 0.29) is 6.04 Å². The molecule has 0 spiro atoms. The first-order valence-electron chi connectivity index (χ1n) is 8.14. The van der Waals surface area contributed by atoms with Crippen molar-refractivity contribution in [1.29, 1.82) is 0 Å². The van der Waals surface area contributed by atoms with Gasteiger partial charge in [-0.1, -0.05) is 12.1 Å². The number of hydrogen-bond donors (Lipinski definition) is 1. The lowest BCUT2D eigenvalue weighted by Crippen LogP contribution is -2.30. The Morgan fingerprint density at radius 2 is 1.83 bits per heavy atom. The highest BCUT2D eigenvalue weighted by molar-refractivity contribution is 14.1. The van der Waals surface area contributed by atoms with Gasteiger partial charge in [0.25, 0.3) is 0 Å². The fourth-order valence-electron chi connectivity index (χ4n) is 3.08. The maximum absolute atomic E-state index is 5.81. The van der Waals surface area contributed by atoms with E-state index < -0.39 is 0 Å². The molecule has 0 saturated heterocycles. The molecular formula is C19H22INO2. The van der Waals surface area contributed by atoms with E-state index >= 15 is 0 Å². The lowest BCUT2D eigenvalue weighted by molar-refractivity contribution is 0.286. The minimum absolute atomic E-state index is 0.211. The van der Waals surface area contributed by atoms with Gasteiger partial charge in [-0.2, -0.15) is 0 Å². The van der Waals surface area contributed by atoms with Gasteiger partial charge in [-0.3, -0.25) is 0 Å². The van der Waals surface area contributed by atoms with E-state index in [0.717, 1.165) is 24.5 Å². The molecule has 3 nitrogen and oxygen atoms in total. The molecule has 3 rings (SSSR count). The number of halogens is 1. The number of ether oxygens (including phenoxy) is 2. The van der Waals surface area contributed by atoms with Crippen LogP contribution in [0.15, 0.2) is 36.4 Å². The number of nitrogens with one attached hydrogen (secondary N) is 1. The molecule has 1 aliphatic rings. The van der Waals surface area contributed by atoms with Crippen molar-refractivity contribution in [2.45, 2.75) is 26.3 Å². The molecule has 0 bridgehead atoms. The van der Waals surface area contributed by atoms with E-state index in [0.29, 0.717) is 13.2 Å². The van der Waals surface area contributed by atoms with Gasteiger partial charge in [0.2, 0.25) is 0 Å². The zero-order valence-electron chi connectivity index (χ0n) is 13.6. The van der Waals surface area contributed by atoms with E-state index in [1.54, 1.807) is 0 Å². The first-order chi connectivity index (χ1) is 11.2. The molecule has 0 unspecified atom stereocenters. The number of hydrogen-bond acceptors (Lipinski definition) is 3. The molecule has 1 heterocycles. The van der Waals surface area contributed by atoms with Crippen LogP contribution in [0, 0.1) is 3.57 Å². The molecule has 4 heteroatoms.